The van der Waals surface area contributed by atoms with Gasteiger partial charge in [-0.05, 0) is 42.5 Å². The van der Waals surface area contributed by atoms with Crippen molar-refractivity contribution in [3.05, 3.63) is 47.9 Å². The summed E-state index contributed by atoms with van der Waals surface area (Å²) in [6.45, 7) is 5.94. The molecular formula is C21H26BrCl2O3Y-. The predicted octanol–water partition coefficient (Wildman–Crippen LogP) is 6.35. The standard InChI is InChI=1S/C21H26BrCl2O3.Y/c1-3-4-5-6-7-16-10-20(22)21(24)19(16)13-27-18-9-15(8-17(23)11-18)12-26-14(2)25;/h5-6,8-9,11,16,19-21H,1,3-4,7,10,12-13H2,2H3;/q-1;/b6-5-;/t16-,19+,20?,21?;/m0./s1. The minimum absolute atomic E-state index is 0. The van der Waals surface area contributed by atoms with Crippen molar-refractivity contribution in [1.29, 1.82) is 0 Å². The summed E-state index contributed by atoms with van der Waals surface area (Å²) >= 11 is 16.5. The first-order valence-electron chi connectivity index (χ1n) is 9.18. The molecule has 0 bridgehead atoms. The molecule has 1 fully saturated rings. The molecule has 1 aromatic carbocycles. The van der Waals surface area contributed by atoms with Crippen molar-refractivity contribution in [2.45, 2.75) is 49.4 Å². The second-order valence-electron chi connectivity index (χ2n) is 6.86. The van der Waals surface area contributed by atoms with Gasteiger partial charge in [-0.15, -0.1) is 11.6 Å². The van der Waals surface area contributed by atoms with Crippen molar-refractivity contribution in [2.75, 3.05) is 6.61 Å². The van der Waals surface area contributed by atoms with Crippen molar-refractivity contribution in [3.8, 4) is 5.75 Å². The third kappa shape index (κ3) is 8.64. The van der Waals surface area contributed by atoms with Crippen LogP contribution in [-0.2, 0) is 48.8 Å². The fourth-order valence-electron chi connectivity index (χ4n) is 3.29. The number of allylic oxidation sites excluding steroid dienone is 2. The van der Waals surface area contributed by atoms with Gasteiger partial charge >= 0.3 is 5.97 Å². The molecule has 4 atom stereocenters. The molecule has 1 aromatic rings. The van der Waals surface area contributed by atoms with Crippen LogP contribution in [0.4, 0.5) is 0 Å². The molecule has 1 radical (unpaired) electrons. The Morgan fingerprint density at radius 3 is 2.79 bits per heavy atom. The summed E-state index contributed by atoms with van der Waals surface area (Å²) in [5.41, 5.74) is 0.799. The van der Waals surface area contributed by atoms with Crippen LogP contribution in [0, 0.1) is 18.8 Å². The SMILES string of the molecule is [CH2-]CC/C=C\C[C@H]1CC(Br)C(Cl)[C@@H]1COc1cc(Cl)cc(COC(C)=O)c1.[Y]. The summed E-state index contributed by atoms with van der Waals surface area (Å²) in [5.74, 6) is 1.05. The van der Waals surface area contributed by atoms with Gasteiger partial charge in [-0.1, -0.05) is 46.1 Å². The van der Waals surface area contributed by atoms with E-state index in [0.717, 1.165) is 31.2 Å². The Labute approximate surface area is 211 Å². The molecule has 3 nitrogen and oxygen atoms in total. The number of unbranched alkanes of at least 4 members (excludes halogenated alkanes) is 1. The summed E-state index contributed by atoms with van der Waals surface area (Å²) in [7, 11) is 0. The van der Waals surface area contributed by atoms with E-state index in [0.29, 0.717) is 23.3 Å². The first kappa shape index (κ1) is 26.4. The first-order chi connectivity index (χ1) is 12.9. The summed E-state index contributed by atoms with van der Waals surface area (Å²) < 4.78 is 11.1. The number of hydrogen-bond donors (Lipinski definition) is 0. The molecule has 153 valence electrons. The third-order valence-corrected chi connectivity index (χ3v) is 6.77. The second kappa shape index (κ2) is 13.6. The zero-order valence-corrected chi connectivity index (χ0v) is 22.0. The Morgan fingerprint density at radius 2 is 2.11 bits per heavy atom. The van der Waals surface area contributed by atoms with Crippen LogP contribution in [0.2, 0.25) is 5.02 Å². The van der Waals surface area contributed by atoms with Gasteiger partial charge in [0.05, 0.1) is 12.0 Å². The summed E-state index contributed by atoms with van der Waals surface area (Å²) in [4.78, 5) is 11.3. The van der Waals surface area contributed by atoms with Crippen molar-refractivity contribution in [3.63, 3.8) is 0 Å². The maximum atomic E-state index is 11.0. The average molecular weight is 566 g/mol. The van der Waals surface area contributed by atoms with Gasteiger partial charge in [0, 0.05) is 55.4 Å². The van der Waals surface area contributed by atoms with Gasteiger partial charge in [-0.25, -0.2) is 0 Å². The number of alkyl halides is 2. The van der Waals surface area contributed by atoms with Gasteiger partial charge in [0.15, 0.2) is 0 Å². The van der Waals surface area contributed by atoms with Crippen LogP contribution >= 0.6 is 39.1 Å². The monoisotopic (exact) mass is 564 g/mol. The quantitative estimate of drug-likeness (QED) is 0.152. The topological polar surface area (TPSA) is 35.5 Å². The van der Waals surface area contributed by atoms with E-state index in [4.69, 9.17) is 32.7 Å². The second-order valence-corrected chi connectivity index (χ2v) is 8.97. The van der Waals surface area contributed by atoms with Crippen molar-refractivity contribution < 1.29 is 47.0 Å². The molecule has 7 heteroatoms. The minimum Gasteiger partial charge on any atom is -0.493 e. The zero-order chi connectivity index (χ0) is 19.8. The molecule has 0 amide bonds. The van der Waals surface area contributed by atoms with Crippen LogP contribution < -0.4 is 4.74 Å². The van der Waals surface area contributed by atoms with Gasteiger partial charge < -0.3 is 16.4 Å². The maximum absolute atomic E-state index is 11.0. The Balaban J connectivity index is 0.00000392. The van der Waals surface area contributed by atoms with Gasteiger partial charge in [0.1, 0.15) is 12.4 Å². The van der Waals surface area contributed by atoms with E-state index in [2.05, 4.69) is 35.0 Å². The molecule has 0 heterocycles. The van der Waals surface area contributed by atoms with Crippen LogP contribution in [-0.4, -0.2) is 22.8 Å². The fourth-order valence-corrected chi connectivity index (χ4v) is 4.79. The number of carbonyl (C=O) groups is 1. The van der Waals surface area contributed by atoms with Crippen LogP contribution in [0.25, 0.3) is 0 Å². The summed E-state index contributed by atoms with van der Waals surface area (Å²) in [6.07, 6.45) is 8.36. The third-order valence-electron chi connectivity index (χ3n) is 4.68. The van der Waals surface area contributed by atoms with E-state index in [1.54, 1.807) is 12.1 Å². The van der Waals surface area contributed by atoms with Crippen LogP contribution in [0.5, 0.6) is 5.75 Å². The van der Waals surface area contributed by atoms with E-state index in [1.165, 1.54) is 6.92 Å². The molecule has 2 unspecified atom stereocenters. The molecule has 28 heavy (non-hydrogen) atoms. The Kier molecular flexibility index (Phi) is 12.9. The maximum Gasteiger partial charge on any atom is 0.302 e. The molecule has 1 aliphatic carbocycles. The van der Waals surface area contributed by atoms with Crippen LogP contribution in [0.15, 0.2) is 30.4 Å². The van der Waals surface area contributed by atoms with Gasteiger partial charge in [-0.2, -0.15) is 6.42 Å². The zero-order valence-electron chi connectivity index (χ0n) is 16.1. The number of benzene rings is 1. The van der Waals surface area contributed by atoms with Gasteiger partial charge in [0.2, 0.25) is 0 Å². The molecule has 0 saturated heterocycles. The fraction of sp³-hybridized carbons (Fsp3) is 0.524. The molecule has 0 spiro atoms. The van der Waals surface area contributed by atoms with Crippen molar-refractivity contribution in [2.24, 2.45) is 11.8 Å². The van der Waals surface area contributed by atoms with E-state index < -0.39 is 0 Å². The normalized spacial score (nSPS) is 24.2. The van der Waals surface area contributed by atoms with Crippen LogP contribution in [0.3, 0.4) is 0 Å². The van der Waals surface area contributed by atoms with E-state index in [-0.39, 0.29) is 61.4 Å². The number of carbonyl (C=O) groups excluding carboxylic acids is 1. The number of halogens is 3. The van der Waals surface area contributed by atoms with Gasteiger partial charge in [-0.3, -0.25) is 4.79 Å². The minimum atomic E-state index is -0.327. The molecule has 1 saturated carbocycles. The molecule has 1 aliphatic rings. The van der Waals surface area contributed by atoms with E-state index in [9.17, 15) is 4.79 Å². The van der Waals surface area contributed by atoms with Crippen molar-refractivity contribution in [1.82, 2.24) is 0 Å². The molecular weight excluding hydrogens is 540 g/mol. The number of rotatable bonds is 9. The number of ether oxygens (including phenoxy) is 2. The van der Waals surface area contributed by atoms with Crippen LogP contribution in [0.1, 0.15) is 38.2 Å². The Hall–Kier alpha value is 0.394. The number of esters is 1. The molecule has 2 rings (SSSR count). The molecule has 0 aromatic heterocycles. The van der Waals surface area contributed by atoms with E-state index in [1.807, 2.05) is 6.07 Å². The number of hydrogen-bond acceptors (Lipinski definition) is 3. The Morgan fingerprint density at radius 1 is 1.36 bits per heavy atom. The average Bonchev–Trinajstić information content (AvgIpc) is 2.88. The molecule has 0 aliphatic heterocycles. The smallest absolute Gasteiger partial charge is 0.302 e. The molecule has 0 N–H and O–H groups in total. The largest absolute Gasteiger partial charge is 0.493 e. The van der Waals surface area contributed by atoms with E-state index >= 15 is 0 Å². The Bertz CT molecular complexity index is 657. The van der Waals surface area contributed by atoms with Gasteiger partial charge in [0.25, 0.3) is 0 Å². The first-order valence-corrected chi connectivity index (χ1v) is 10.9. The summed E-state index contributed by atoms with van der Waals surface area (Å²) in [6, 6.07) is 5.38. The predicted molar refractivity (Wildman–Crippen MR) is 115 cm³/mol. The van der Waals surface area contributed by atoms with Crippen molar-refractivity contribution >= 4 is 45.1 Å². The summed E-state index contributed by atoms with van der Waals surface area (Å²) in [5, 5.41) is 0.575.